The second-order valence-electron chi connectivity index (χ2n) is 14.5. The Balaban J connectivity index is 1.02. The van der Waals surface area contributed by atoms with Gasteiger partial charge in [-0.3, -0.25) is 4.98 Å². The Kier molecular flexibility index (Phi) is 6.60. The molecule has 0 atom stereocenters. The number of rotatable bonds is 4. The maximum atomic E-state index is 6.75. The molecule has 8 aromatic carbocycles. The average molecular weight is 714 g/mol. The van der Waals surface area contributed by atoms with Crippen LogP contribution in [0.4, 0.5) is 0 Å². The zero-order valence-electron chi connectivity index (χ0n) is 30.1. The molecule has 0 saturated heterocycles. The molecule has 56 heavy (non-hydrogen) atoms. The van der Waals surface area contributed by atoms with E-state index in [9.17, 15) is 0 Å². The minimum Gasteiger partial charge on any atom is -0.455 e. The molecule has 0 aliphatic heterocycles. The summed E-state index contributed by atoms with van der Waals surface area (Å²) >= 11 is 0. The molecule has 0 aliphatic carbocycles. The predicted octanol–water partition coefficient (Wildman–Crippen LogP) is 13.9. The molecule has 260 valence electrons. The summed E-state index contributed by atoms with van der Waals surface area (Å²) in [4.78, 5) is 9.84. The monoisotopic (exact) mass is 713 g/mol. The van der Waals surface area contributed by atoms with Crippen LogP contribution in [0.2, 0.25) is 0 Å². The normalized spacial score (nSPS) is 11.9. The summed E-state index contributed by atoms with van der Waals surface area (Å²) in [6.45, 7) is 0. The molecule has 0 amide bonds. The second kappa shape index (κ2) is 12.0. The molecule has 12 aromatic rings. The number of pyridine rings is 2. The van der Waals surface area contributed by atoms with Crippen LogP contribution in [0.25, 0.3) is 116 Å². The first-order chi connectivity index (χ1) is 27.8. The summed E-state index contributed by atoms with van der Waals surface area (Å²) in [5.74, 6) is 0. The molecule has 0 radical (unpaired) electrons. The van der Waals surface area contributed by atoms with Crippen molar-refractivity contribution in [2.24, 2.45) is 0 Å². The summed E-state index contributed by atoms with van der Waals surface area (Å²) < 4.78 is 9.12. The summed E-state index contributed by atoms with van der Waals surface area (Å²) in [5, 5.41) is 9.16. The number of furan rings is 1. The van der Waals surface area contributed by atoms with Crippen LogP contribution in [-0.2, 0) is 0 Å². The van der Waals surface area contributed by atoms with Crippen LogP contribution in [0.1, 0.15) is 0 Å². The van der Waals surface area contributed by atoms with E-state index in [0.717, 1.165) is 88.2 Å². The van der Waals surface area contributed by atoms with E-state index < -0.39 is 0 Å². The van der Waals surface area contributed by atoms with Gasteiger partial charge in [0.25, 0.3) is 0 Å². The van der Waals surface area contributed by atoms with Gasteiger partial charge in [-0.1, -0.05) is 127 Å². The number of aromatic nitrogens is 3. The Bertz CT molecular complexity index is 3480. The van der Waals surface area contributed by atoms with Crippen molar-refractivity contribution in [3.63, 3.8) is 0 Å². The number of hydrogen-bond acceptors (Lipinski definition) is 3. The van der Waals surface area contributed by atoms with Gasteiger partial charge in [0.1, 0.15) is 11.2 Å². The maximum absolute atomic E-state index is 6.75. The highest BCUT2D eigenvalue weighted by Crippen LogP contribution is 2.44. The summed E-state index contributed by atoms with van der Waals surface area (Å²) in [6, 6.07) is 64.9. The van der Waals surface area contributed by atoms with Gasteiger partial charge in [-0.25, -0.2) is 4.98 Å². The minimum atomic E-state index is 0.869. The van der Waals surface area contributed by atoms with Crippen molar-refractivity contribution in [2.75, 3.05) is 0 Å². The third-order valence-electron chi connectivity index (χ3n) is 11.4. The second-order valence-corrected chi connectivity index (χ2v) is 14.5. The molecule has 4 heterocycles. The quantitative estimate of drug-likeness (QED) is 0.171. The van der Waals surface area contributed by atoms with Crippen molar-refractivity contribution in [3.05, 3.63) is 188 Å². The van der Waals surface area contributed by atoms with Gasteiger partial charge in [0.2, 0.25) is 0 Å². The lowest BCUT2D eigenvalue weighted by Gasteiger charge is -2.12. The Morgan fingerprint density at radius 3 is 1.91 bits per heavy atom. The zero-order chi connectivity index (χ0) is 36.7. The largest absolute Gasteiger partial charge is 0.455 e. The van der Waals surface area contributed by atoms with Crippen molar-refractivity contribution in [1.29, 1.82) is 0 Å². The first kappa shape index (κ1) is 30.9. The van der Waals surface area contributed by atoms with Crippen molar-refractivity contribution >= 4 is 76.3 Å². The molecule has 4 aromatic heterocycles. The first-order valence-corrected chi connectivity index (χ1v) is 19.0. The lowest BCUT2D eigenvalue weighted by Crippen LogP contribution is -1.93. The molecule has 0 bridgehead atoms. The fraction of sp³-hybridized carbons (Fsp3) is 0. The minimum absolute atomic E-state index is 0.869. The van der Waals surface area contributed by atoms with Crippen LogP contribution in [-0.4, -0.2) is 14.5 Å². The number of nitrogens with zero attached hydrogens (tertiary/aromatic N) is 3. The van der Waals surface area contributed by atoms with Crippen molar-refractivity contribution in [3.8, 4) is 39.2 Å². The van der Waals surface area contributed by atoms with Crippen LogP contribution in [0.3, 0.4) is 0 Å². The van der Waals surface area contributed by atoms with E-state index in [1.54, 1.807) is 0 Å². The zero-order valence-corrected chi connectivity index (χ0v) is 30.1. The van der Waals surface area contributed by atoms with E-state index in [0.29, 0.717) is 0 Å². The van der Waals surface area contributed by atoms with Gasteiger partial charge < -0.3 is 8.98 Å². The van der Waals surface area contributed by atoms with Crippen LogP contribution in [0, 0.1) is 0 Å². The predicted molar refractivity (Wildman–Crippen MR) is 232 cm³/mol. The van der Waals surface area contributed by atoms with Crippen molar-refractivity contribution in [1.82, 2.24) is 14.5 Å². The molecule has 12 rings (SSSR count). The molecular weight excluding hydrogens is 683 g/mol. The van der Waals surface area contributed by atoms with E-state index in [4.69, 9.17) is 9.40 Å². The number of fused-ring (bicyclic) bond motifs is 11. The van der Waals surface area contributed by atoms with E-state index in [1.165, 1.54) is 27.4 Å². The van der Waals surface area contributed by atoms with Gasteiger partial charge in [-0.2, -0.15) is 0 Å². The van der Waals surface area contributed by atoms with E-state index in [1.807, 2.05) is 12.3 Å². The topological polar surface area (TPSA) is 43.9 Å². The Morgan fingerprint density at radius 2 is 1.11 bits per heavy atom. The lowest BCUT2D eigenvalue weighted by molar-refractivity contribution is 0.673. The van der Waals surface area contributed by atoms with Crippen LogP contribution >= 0.6 is 0 Å². The average Bonchev–Trinajstić information content (AvgIpc) is 3.82. The molecule has 4 heteroatoms. The smallest absolute Gasteiger partial charge is 0.143 e. The summed E-state index contributed by atoms with van der Waals surface area (Å²) in [5.41, 5.74) is 13.7. The molecular formula is C52H31N3O. The fourth-order valence-corrected chi connectivity index (χ4v) is 8.85. The number of hydrogen-bond donors (Lipinski definition) is 0. The molecule has 0 aliphatic rings. The lowest BCUT2D eigenvalue weighted by atomic mass is 9.93. The Labute approximate surface area is 321 Å². The third-order valence-corrected chi connectivity index (χ3v) is 11.4. The number of benzene rings is 8. The highest BCUT2D eigenvalue weighted by Gasteiger charge is 2.19. The molecule has 0 N–H and O–H groups in total. The van der Waals surface area contributed by atoms with Crippen LogP contribution in [0.5, 0.6) is 0 Å². The highest BCUT2D eigenvalue weighted by molar-refractivity contribution is 6.22. The van der Waals surface area contributed by atoms with Gasteiger partial charge in [0.15, 0.2) is 0 Å². The first-order valence-electron chi connectivity index (χ1n) is 19.0. The van der Waals surface area contributed by atoms with Crippen LogP contribution in [0.15, 0.2) is 193 Å². The standard InChI is InChI=1S/C52H31N3O/c1-2-16-42-39(13-1)43(32-23-26-37(27-24-32)55-46-18-5-3-14-40(46)41-15-4-6-19-47(41)55)31-44-49-38(17-8-20-48(49)56-52(42)44)35-10-7-11-36(30-35)45-28-25-34-22-21-33-12-9-29-53-50(33)51(34)54-45/h1-31H. The van der Waals surface area contributed by atoms with Gasteiger partial charge >= 0.3 is 0 Å². The highest BCUT2D eigenvalue weighted by atomic mass is 16.3. The van der Waals surface area contributed by atoms with E-state index in [2.05, 4.69) is 185 Å². The number of para-hydroxylation sites is 2. The fourth-order valence-electron chi connectivity index (χ4n) is 8.85. The van der Waals surface area contributed by atoms with Crippen molar-refractivity contribution < 1.29 is 4.42 Å². The molecule has 0 fully saturated rings. The molecule has 0 unspecified atom stereocenters. The van der Waals surface area contributed by atoms with Crippen LogP contribution < -0.4 is 0 Å². The molecule has 0 spiro atoms. The third kappa shape index (κ3) is 4.60. The SMILES string of the molecule is c1cc(-c2ccc3ccc4cccnc4c3n2)cc(-c2cccc3oc4c5ccccc5c(-c5ccc(-n6c7ccccc7c7ccccc76)cc5)cc4c23)c1. The Hall–Kier alpha value is -7.56. The van der Waals surface area contributed by atoms with Crippen molar-refractivity contribution in [2.45, 2.75) is 0 Å². The molecule has 4 nitrogen and oxygen atoms in total. The van der Waals surface area contributed by atoms with E-state index >= 15 is 0 Å². The van der Waals surface area contributed by atoms with Gasteiger partial charge in [0, 0.05) is 55.2 Å². The summed E-state index contributed by atoms with van der Waals surface area (Å²) in [6.07, 6.45) is 1.84. The Morgan fingerprint density at radius 1 is 0.429 bits per heavy atom. The summed E-state index contributed by atoms with van der Waals surface area (Å²) in [7, 11) is 0. The van der Waals surface area contributed by atoms with E-state index in [-0.39, 0.29) is 0 Å². The molecule has 0 saturated carbocycles. The maximum Gasteiger partial charge on any atom is 0.143 e. The van der Waals surface area contributed by atoms with Gasteiger partial charge in [0.05, 0.1) is 27.8 Å². The van der Waals surface area contributed by atoms with Gasteiger partial charge in [-0.05, 0) is 82.2 Å². The van der Waals surface area contributed by atoms with Gasteiger partial charge in [-0.15, -0.1) is 0 Å².